The van der Waals surface area contributed by atoms with Gasteiger partial charge in [0.05, 0.1) is 5.69 Å². The predicted molar refractivity (Wildman–Crippen MR) is 61.9 cm³/mol. The summed E-state index contributed by atoms with van der Waals surface area (Å²) in [6, 6.07) is 1.94. The third kappa shape index (κ3) is 3.25. The zero-order valence-electron chi connectivity index (χ0n) is 9.78. The van der Waals surface area contributed by atoms with Crippen molar-refractivity contribution in [3.63, 3.8) is 0 Å². The van der Waals surface area contributed by atoms with E-state index in [2.05, 4.69) is 22.2 Å². The van der Waals surface area contributed by atoms with Crippen molar-refractivity contribution in [2.24, 2.45) is 5.41 Å². The number of nitrogens with one attached hydrogen (secondary N) is 1. The van der Waals surface area contributed by atoms with Crippen molar-refractivity contribution in [2.75, 3.05) is 19.8 Å². The lowest BCUT2D eigenvalue weighted by Crippen LogP contribution is -2.36. The van der Waals surface area contributed by atoms with Crippen LogP contribution in [0.25, 0.3) is 0 Å². The van der Waals surface area contributed by atoms with E-state index in [0.29, 0.717) is 5.41 Å². The van der Waals surface area contributed by atoms with E-state index in [0.717, 1.165) is 44.8 Å². The Morgan fingerprint density at radius 2 is 2.25 bits per heavy atom. The van der Waals surface area contributed by atoms with Crippen molar-refractivity contribution < 1.29 is 4.74 Å². The molecule has 0 amide bonds. The Hall–Kier alpha value is -1.00. The molecule has 1 N–H and O–H groups in total. The molecule has 1 aromatic rings. The highest BCUT2D eigenvalue weighted by molar-refractivity contribution is 4.97. The van der Waals surface area contributed by atoms with Crippen molar-refractivity contribution in [2.45, 2.75) is 26.3 Å². The van der Waals surface area contributed by atoms with E-state index in [9.17, 15) is 0 Å². The van der Waals surface area contributed by atoms with E-state index in [1.807, 2.05) is 6.07 Å². The summed E-state index contributed by atoms with van der Waals surface area (Å²) in [6.45, 7) is 5.96. The van der Waals surface area contributed by atoms with Crippen LogP contribution in [0.5, 0.6) is 0 Å². The summed E-state index contributed by atoms with van der Waals surface area (Å²) in [6.07, 6.45) is 5.65. The third-order valence-electron chi connectivity index (χ3n) is 3.20. The molecule has 16 heavy (non-hydrogen) atoms. The third-order valence-corrected chi connectivity index (χ3v) is 3.20. The van der Waals surface area contributed by atoms with Gasteiger partial charge in [0.2, 0.25) is 0 Å². The lowest BCUT2D eigenvalue weighted by molar-refractivity contribution is 0.0239. The highest BCUT2D eigenvalue weighted by Gasteiger charge is 2.26. The normalized spacial score (nSPS) is 19.6. The molecule has 1 aromatic heterocycles. The Morgan fingerprint density at radius 1 is 1.44 bits per heavy atom. The van der Waals surface area contributed by atoms with Gasteiger partial charge in [0.25, 0.3) is 0 Å². The first-order valence-electron chi connectivity index (χ1n) is 5.82. The standard InChI is InChI=1S/C12H19N3O/c1-12(3-6-16-7-4-12)9-14-8-11-2-5-13-10-15-11/h2,5,10,14H,3-4,6-9H2,1H3. The molecule has 1 fully saturated rings. The van der Waals surface area contributed by atoms with Crippen LogP contribution in [0.3, 0.4) is 0 Å². The van der Waals surface area contributed by atoms with E-state index >= 15 is 0 Å². The second kappa shape index (κ2) is 5.37. The van der Waals surface area contributed by atoms with Crippen molar-refractivity contribution >= 4 is 0 Å². The van der Waals surface area contributed by atoms with E-state index in [1.165, 1.54) is 0 Å². The van der Waals surface area contributed by atoms with E-state index in [4.69, 9.17) is 4.74 Å². The number of ether oxygens (including phenoxy) is 1. The highest BCUT2D eigenvalue weighted by Crippen LogP contribution is 2.28. The Balaban J connectivity index is 1.75. The second-order valence-corrected chi connectivity index (χ2v) is 4.73. The lowest BCUT2D eigenvalue weighted by atomic mass is 9.82. The number of hydrogen-bond donors (Lipinski definition) is 1. The number of nitrogens with zero attached hydrogens (tertiary/aromatic N) is 2. The monoisotopic (exact) mass is 221 g/mol. The first kappa shape index (κ1) is 11.5. The van der Waals surface area contributed by atoms with Crippen molar-refractivity contribution in [1.82, 2.24) is 15.3 Å². The van der Waals surface area contributed by atoms with Crippen molar-refractivity contribution in [3.8, 4) is 0 Å². The van der Waals surface area contributed by atoms with Crippen LogP contribution in [0.1, 0.15) is 25.5 Å². The number of rotatable bonds is 4. The summed E-state index contributed by atoms with van der Waals surface area (Å²) in [5, 5.41) is 3.47. The Labute approximate surface area is 96.4 Å². The maximum atomic E-state index is 5.38. The average molecular weight is 221 g/mol. The molecule has 0 bridgehead atoms. The van der Waals surface area contributed by atoms with Gasteiger partial charge in [-0.25, -0.2) is 9.97 Å². The van der Waals surface area contributed by atoms with Crippen molar-refractivity contribution in [1.29, 1.82) is 0 Å². The summed E-state index contributed by atoms with van der Waals surface area (Å²) >= 11 is 0. The van der Waals surface area contributed by atoms with Gasteiger partial charge in [0, 0.05) is 32.5 Å². The summed E-state index contributed by atoms with van der Waals surface area (Å²) in [5.41, 5.74) is 1.43. The molecule has 0 aliphatic carbocycles. The maximum absolute atomic E-state index is 5.38. The molecule has 0 unspecified atom stereocenters. The van der Waals surface area contributed by atoms with E-state index in [1.54, 1.807) is 12.5 Å². The smallest absolute Gasteiger partial charge is 0.115 e. The SMILES string of the molecule is CC1(CNCc2ccncn2)CCOCC1. The van der Waals surface area contributed by atoms with Gasteiger partial charge in [-0.05, 0) is 24.3 Å². The van der Waals surface area contributed by atoms with Gasteiger partial charge in [-0.1, -0.05) is 6.92 Å². The minimum absolute atomic E-state index is 0.380. The van der Waals surface area contributed by atoms with Crippen LogP contribution in [-0.2, 0) is 11.3 Å². The summed E-state index contributed by atoms with van der Waals surface area (Å²) in [5.74, 6) is 0. The quantitative estimate of drug-likeness (QED) is 0.834. The van der Waals surface area contributed by atoms with Crippen LogP contribution in [0.4, 0.5) is 0 Å². The van der Waals surface area contributed by atoms with Gasteiger partial charge in [-0.2, -0.15) is 0 Å². The molecule has 0 spiro atoms. The van der Waals surface area contributed by atoms with E-state index < -0.39 is 0 Å². The fourth-order valence-electron chi connectivity index (χ4n) is 1.96. The van der Waals surface area contributed by atoms with Crippen LogP contribution in [-0.4, -0.2) is 29.7 Å². The molecule has 0 atom stereocenters. The molecule has 0 saturated carbocycles. The minimum Gasteiger partial charge on any atom is -0.381 e. The fourth-order valence-corrected chi connectivity index (χ4v) is 1.96. The Kier molecular flexibility index (Phi) is 3.85. The van der Waals surface area contributed by atoms with Crippen LogP contribution in [0.2, 0.25) is 0 Å². The molecular formula is C12H19N3O. The minimum atomic E-state index is 0.380. The van der Waals surface area contributed by atoms with Crippen molar-refractivity contribution in [3.05, 3.63) is 24.3 Å². The molecule has 2 rings (SSSR count). The van der Waals surface area contributed by atoms with Crippen LogP contribution in [0.15, 0.2) is 18.6 Å². The Bertz CT molecular complexity index is 309. The first-order chi connectivity index (χ1) is 7.79. The van der Waals surface area contributed by atoms with Gasteiger partial charge in [-0.15, -0.1) is 0 Å². The highest BCUT2D eigenvalue weighted by atomic mass is 16.5. The summed E-state index contributed by atoms with van der Waals surface area (Å²) < 4.78 is 5.38. The molecule has 4 nitrogen and oxygen atoms in total. The average Bonchev–Trinajstić information content (AvgIpc) is 2.31. The van der Waals surface area contributed by atoms with Crippen LogP contribution >= 0.6 is 0 Å². The van der Waals surface area contributed by atoms with Gasteiger partial charge >= 0.3 is 0 Å². The molecule has 0 radical (unpaired) electrons. The predicted octanol–water partition coefficient (Wildman–Crippen LogP) is 1.38. The molecule has 4 heteroatoms. The molecule has 2 heterocycles. The molecule has 0 aromatic carbocycles. The first-order valence-corrected chi connectivity index (χ1v) is 5.82. The topological polar surface area (TPSA) is 47.0 Å². The van der Waals surface area contributed by atoms with Gasteiger partial charge in [0.1, 0.15) is 6.33 Å². The Morgan fingerprint density at radius 3 is 2.94 bits per heavy atom. The van der Waals surface area contributed by atoms with Crippen LogP contribution < -0.4 is 5.32 Å². The zero-order chi connectivity index (χ0) is 11.3. The summed E-state index contributed by atoms with van der Waals surface area (Å²) in [4.78, 5) is 8.09. The second-order valence-electron chi connectivity index (χ2n) is 4.73. The number of aromatic nitrogens is 2. The fraction of sp³-hybridized carbons (Fsp3) is 0.667. The van der Waals surface area contributed by atoms with Gasteiger partial charge < -0.3 is 10.1 Å². The van der Waals surface area contributed by atoms with E-state index in [-0.39, 0.29) is 0 Å². The molecule has 1 aliphatic heterocycles. The van der Waals surface area contributed by atoms with Crippen LogP contribution in [0, 0.1) is 5.41 Å². The molecule has 88 valence electrons. The summed E-state index contributed by atoms with van der Waals surface area (Å²) in [7, 11) is 0. The molecule has 1 saturated heterocycles. The maximum Gasteiger partial charge on any atom is 0.115 e. The van der Waals surface area contributed by atoms with Gasteiger partial charge in [0.15, 0.2) is 0 Å². The largest absolute Gasteiger partial charge is 0.381 e. The molecular weight excluding hydrogens is 202 g/mol. The van der Waals surface area contributed by atoms with Gasteiger partial charge in [-0.3, -0.25) is 0 Å². The lowest BCUT2D eigenvalue weighted by Gasteiger charge is -2.33. The zero-order valence-corrected chi connectivity index (χ0v) is 9.78. The number of hydrogen-bond acceptors (Lipinski definition) is 4. The molecule has 1 aliphatic rings.